The van der Waals surface area contributed by atoms with Crippen LogP contribution in [0.5, 0.6) is 0 Å². The summed E-state index contributed by atoms with van der Waals surface area (Å²) in [6, 6.07) is 7.81. The van der Waals surface area contributed by atoms with Gasteiger partial charge in [-0.05, 0) is 37.1 Å². The molecule has 0 amide bonds. The van der Waals surface area contributed by atoms with Crippen LogP contribution in [0.25, 0.3) is 0 Å². The maximum absolute atomic E-state index is 5.96. The molecule has 2 nitrogen and oxygen atoms in total. The standard InChI is InChI=1S/C13H20ClNO/c1-2-3-9-16-13(7-8-15)11-5-4-6-12(14)10-11/h4-6,10,13H,2-3,7-9,15H2,1H3. The topological polar surface area (TPSA) is 35.2 Å². The highest BCUT2D eigenvalue weighted by Gasteiger charge is 2.11. The van der Waals surface area contributed by atoms with E-state index >= 15 is 0 Å². The minimum absolute atomic E-state index is 0.0789. The molecule has 1 aromatic carbocycles. The van der Waals surface area contributed by atoms with Gasteiger partial charge in [0.2, 0.25) is 0 Å². The van der Waals surface area contributed by atoms with E-state index in [1.54, 1.807) is 0 Å². The lowest BCUT2D eigenvalue weighted by Gasteiger charge is -2.17. The first kappa shape index (κ1) is 13.5. The van der Waals surface area contributed by atoms with Crippen molar-refractivity contribution in [1.82, 2.24) is 0 Å². The summed E-state index contributed by atoms with van der Waals surface area (Å²) in [5, 5.41) is 0.749. The minimum atomic E-state index is 0.0789. The SMILES string of the molecule is CCCCOC(CCN)c1cccc(Cl)c1. The van der Waals surface area contributed by atoms with Crippen LogP contribution in [0, 0.1) is 0 Å². The molecule has 90 valence electrons. The fraction of sp³-hybridized carbons (Fsp3) is 0.538. The molecule has 0 aliphatic carbocycles. The van der Waals surface area contributed by atoms with Crippen molar-refractivity contribution in [3.63, 3.8) is 0 Å². The predicted octanol–water partition coefficient (Wildman–Crippen LogP) is 3.55. The third-order valence-corrected chi connectivity index (χ3v) is 2.70. The van der Waals surface area contributed by atoms with Crippen molar-refractivity contribution in [3.05, 3.63) is 34.9 Å². The summed E-state index contributed by atoms with van der Waals surface area (Å²) < 4.78 is 5.83. The van der Waals surface area contributed by atoms with Crippen molar-refractivity contribution in [3.8, 4) is 0 Å². The van der Waals surface area contributed by atoms with Crippen LogP contribution in [0.2, 0.25) is 5.02 Å². The highest BCUT2D eigenvalue weighted by Crippen LogP contribution is 2.23. The van der Waals surface area contributed by atoms with E-state index in [9.17, 15) is 0 Å². The lowest BCUT2D eigenvalue weighted by Crippen LogP contribution is -2.11. The summed E-state index contributed by atoms with van der Waals surface area (Å²) in [5.41, 5.74) is 6.72. The Labute approximate surface area is 103 Å². The molecule has 0 bridgehead atoms. The van der Waals surface area contributed by atoms with Crippen LogP contribution in [0.1, 0.15) is 37.9 Å². The van der Waals surface area contributed by atoms with Crippen LogP contribution in [-0.2, 0) is 4.74 Å². The Morgan fingerprint density at radius 2 is 2.25 bits per heavy atom. The molecule has 0 radical (unpaired) electrons. The first-order valence-corrected chi connectivity index (χ1v) is 6.22. The Bertz CT molecular complexity index is 304. The third-order valence-electron chi connectivity index (χ3n) is 2.47. The van der Waals surface area contributed by atoms with E-state index in [0.29, 0.717) is 6.54 Å². The van der Waals surface area contributed by atoms with E-state index in [-0.39, 0.29) is 6.10 Å². The number of unbranched alkanes of at least 4 members (excludes halogenated alkanes) is 1. The summed E-state index contributed by atoms with van der Waals surface area (Å²) in [7, 11) is 0. The highest BCUT2D eigenvalue weighted by atomic mass is 35.5. The molecule has 0 saturated carbocycles. The zero-order valence-corrected chi connectivity index (χ0v) is 10.5. The van der Waals surface area contributed by atoms with Crippen LogP contribution < -0.4 is 5.73 Å². The van der Waals surface area contributed by atoms with Gasteiger partial charge in [-0.15, -0.1) is 0 Å². The smallest absolute Gasteiger partial charge is 0.0837 e. The fourth-order valence-corrected chi connectivity index (χ4v) is 1.77. The number of ether oxygens (including phenoxy) is 1. The summed E-state index contributed by atoms with van der Waals surface area (Å²) >= 11 is 5.96. The largest absolute Gasteiger partial charge is 0.373 e. The Balaban J connectivity index is 2.61. The normalized spacial score (nSPS) is 12.7. The fourth-order valence-electron chi connectivity index (χ4n) is 1.57. The van der Waals surface area contributed by atoms with Gasteiger partial charge in [0.15, 0.2) is 0 Å². The maximum Gasteiger partial charge on any atom is 0.0837 e. The summed E-state index contributed by atoms with van der Waals surface area (Å²) in [4.78, 5) is 0. The van der Waals surface area contributed by atoms with Crippen molar-refractivity contribution in [2.24, 2.45) is 5.73 Å². The maximum atomic E-state index is 5.96. The van der Waals surface area contributed by atoms with E-state index < -0.39 is 0 Å². The second kappa shape index (κ2) is 7.66. The van der Waals surface area contributed by atoms with Gasteiger partial charge in [0, 0.05) is 11.6 Å². The van der Waals surface area contributed by atoms with E-state index in [2.05, 4.69) is 6.92 Å². The molecule has 1 atom stereocenters. The zero-order chi connectivity index (χ0) is 11.8. The number of halogens is 1. The summed E-state index contributed by atoms with van der Waals surface area (Å²) in [6.07, 6.45) is 3.14. The van der Waals surface area contributed by atoms with Gasteiger partial charge in [0.1, 0.15) is 0 Å². The molecule has 3 heteroatoms. The monoisotopic (exact) mass is 241 g/mol. The molecular weight excluding hydrogens is 222 g/mol. The van der Waals surface area contributed by atoms with Gasteiger partial charge in [0.25, 0.3) is 0 Å². The van der Waals surface area contributed by atoms with Crippen LogP contribution in [0.3, 0.4) is 0 Å². The lowest BCUT2D eigenvalue weighted by atomic mass is 10.1. The van der Waals surface area contributed by atoms with Gasteiger partial charge in [-0.3, -0.25) is 0 Å². The van der Waals surface area contributed by atoms with Crippen LogP contribution in [0.15, 0.2) is 24.3 Å². The molecular formula is C13H20ClNO. The van der Waals surface area contributed by atoms with Gasteiger partial charge in [-0.1, -0.05) is 37.1 Å². The van der Waals surface area contributed by atoms with E-state index in [1.807, 2.05) is 24.3 Å². The summed E-state index contributed by atoms with van der Waals surface area (Å²) in [5.74, 6) is 0. The first-order chi connectivity index (χ1) is 7.77. The van der Waals surface area contributed by atoms with Crippen LogP contribution >= 0.6 is 11.6 Å². The molecule has 16 heavy (non-hydrogen) atoms. The number of rotatable bonds is 7. The Hall–Kier alpha value is -0.570. The van der Waals surface area contributed by atoms with E-state index in [0.717, 1.165) is 36.5 Å². The molecule has 0 spiro atoms. The Morgan fingerprint density at radius 1 is 1.44 bits per heavy atom. The number of hydrogen-bond acceptors (Lipinski definition) is 2. The molecule has 1 rings (SSSR count). The Morgan fingerprint density at radius 3 is 2.88 bits per heavy atom. The predicted molar refractivity (Wildman–Crippen MR) is 68.7 cm³/mol. The minimum Gasteiger partial charge on any atom is -0.373 e. The van der Waals surface area contributed by atoms with Crippen molar-refractivity contribution < 1.29 is 4.74 Å². The second-order valence-electron chi connectivity index (χ2n) is 3.85. The van der Waals surface area contributed by atoms with E-state index in [4.69, 9.17) is 22.1 Å². The van der Waals surface area contributed by atoms with Gasteiger partial charge in [0.05, 0.1) is 6.10 Å². The van der Waals surface area contributed by atoms with E-state index in [1.165, 1.54) is 0 Å². The molecule has 2 N–H and O–H groups in total. The molecule has 0 aromatic heterocycles. The van der Waals surface area contributed by atoms with Gasteiger partial charge >= 0.3 is 0 Å². The first-order valence-electron chi connectivity index (χ1n) is 5.85. The number of benzene rings is 1. The zero-order valence-electron chi connectivity index (χ0n) is 9.79. The van der Waals surface area contributed by atoms with Gasteiger partial charge in [-0.25, -0.2) is 0 Å². The highest BCUT2D eigenvalue weighted by molar-refractivity contribution is 6.30. The lowest BCUT2D eigenvalue weighted by molar-refractivity contribution is 0.0464. The van der Waals surface area contributed by atoms with Crippen LogP contribution in [0.4, 0.5) is 0 Å². The van der Waals surface area contributed by atoms with Crippen molar-refractivity contribution in [2.45, 2.75) is 32.3 Å². The van der Waals surface area contributed by atoms with Gasteiger partial charge < -0.3 is 10.5 Å². The molecule has 1 unspecified atom stereocenters. The average Bonchev–Trinajstić information content (AvgIpc) is 2.28. The molecule has 1 aromatic rings. The molecule has 0 aliphatic rings. The number of hydrogen-bond donors (Lipinski definition) is 1. The Kier molecular flexibility index (Phi) is 6.46. The van der Waals surface area contributed by atoms with Crippen molar-refractivity contribution in [2.75, 3.05) is 13.2 Å². The molecule has 0 saturated heterocycles. The van der Waals surface area contributed by atoms with Crippen molar-refractivity contribution >= 4 is 11.6 Å². The second-order valence-corrected chi connectivity index (χ2v) is 4.28. The van der Waals surface area contributed by atoms with Crippen molar-refractivity contribution in [1.29, 1.82) is 0 Å². The molecule has 0 aliphatic heterocycles. The molecule has 0 fully saturated rings. The molecule has 0 heterocycles. The number of nitrogens with two attached hydrogens (primary N) is 1. The summed E-state index contributed by atoms with van der Waals surface area (Å²) in [6.45, 7) is 3.57. The van der Waals surface area contributed by atoms with Crippen LogP contribution in [-0.4, -0.2) is 13.2 Å². The van der Waals surface area contributed by atoms with Gasteiger partial charge in [-0.2, -0.15) is 0 Å². The quantitative estimate of drug-likeness (QED) is 0.741. The third kappa shape index (κ3) is 4.52. The average molecular weight is 242 g/mol.